The lowest BCUT2D eigenvalue weighted by Gasteiger charge is -2.28. The van der Waals surface area contributed by atoms with Crippen molar-refractivity contribution in [2.45, 2.75) is 26.3 Å². The third kappa shape index (κ3) is 3.84. The van der Waals surface area contributed by atoms with Crippen LogP contribution < -0.4 is 0 Å². The zero-order valence-corrected chi connectivity index (χ0v) is 14.2. The quantitative estimate of drug-likeness (QED) is 0.823. The molecule has 1 aliphatic heterocycles. The Kier molecular flexibility index (Phi) is 5.06. The molecular formula is C14H21NO4S2. The molecule has 1 atom stereocenters. The standard InChI is InChI=1S/C14H21NO4S2/c1-10-8-13(11(2)20-10)14(16)15(5-6-19-3)12-4-7-21(17,18)9-12/h8,12H,4-7,9H2,1-3H3. The zero-order chi connectivity index (χ0) is 15.6. The molecule has 1 aliphatic rings. The van der Waals surface area contributed by atoms with Gasteiger partial charge in [-0.2, -0.15) is 0 Å². The van der Waals surface area contributed by atoms with Crippen LogP contribution in [0.15, 0.2) is 6.07 Å². The molecule has 118 valence electrons. The van der Waals surface area contributed by atoms with E-state index >= 15 is 0 Å². The van der Waals surface area contributed by atoms with Crippen LogP contribution in [0.1, 0.15) is 26.5 Å². The Morgan fingerprint density at radius 3 is 2.67 bits per heavy atom. The van der Waals surface area contributed by atoms with Gasteiger partial charge in [0, 0.05) is 29.5 Å². The number of sulfone groups is 1. The summed E-state index contributed by atoms with van der Waals surface area (Å²) in [5.74, 6) is 0.136. The van der Waals surface area contributed by atoms with Crippen LogP contribution in [0.5, 0.6) is 0 Å². The fourth-order valence-electron chi connectivity index (χ4n) is 2.66. The van der Waals surface area contributed by atoms with Crippen molar-refractivity contribution in [3.63, 3.8) is 0 Å². The summed E-state index contributed by atoms with van der Waals surface area (Å²) < 4.78 is 28.4. The van der Waals surface area contributed by atoms with E-state index in [9.17, 15) is 13.2 Å². The lowest BCUT2D eigenvalue weighted by molar-refractivity contribution is 0.0624. The van der Waals surface area contributed by atoms with Gasteiger partial charge in [-0.25, -0.2) is 8.42 Å². The second-order valence-corrected chi connectivity index (χ2v) is 9.06. The molecular weight excluding hydrogens is 310 g/mol. The number of carbonyl (C=O) groups is 1. The molecule has 0 radical (unpaired) electrons. The predicted molar refractivity (Wildman–Crippen MR) is 83.8 cm³/mol. The molecule has 0 bridgehead atoms. The maximum Gasteiger partial charge on any atom is 0.255 e. The fourth-order valence-corrected chi connectivity index (χ4v) is 5.31. The Bertz CT molecular complexity index is 621. The van der Waals surface area contributed by atoms with Gasteiger partial charge in [0.05, 0.1) is 23.7 Å². The minimum atomic E-state index is -3.02. The monoisotopic (exact) mass is 331 g/mol. The lowest BCUT2D eigenvalue weighted by Crippen LogP contribution is -2.43. The van der Waals surface area contributed by atoms with Gasteiger partial charge in [-0.1, -0.05) is 0 Å². The van der Waals surface area contributed by atoms with Crippen LogP contribution >= 0.6 is 11.3 Å². The van der Waals surface area contributed by atoms with Gasteiger partial charge < -0.3 is 9.64 Å². The number of nitrogens with zero attached hydrogens (tertiary/aromatic N) is 1. The number of hydrogen-bond acceptors (Lipinski definition) is 5. The van der Waals surface area contributed by atoms with Crippen LogP contribution in [0.25, 0.3) is 0 Å². The van der Waals surface area contributed by atoms with Gasteiger partial charge in [0.2, 0.25) is 0 Å². The first kappa shape index (κ1) is 16.5. The third-order valence-electron chi connectivity index (χ3n) is 3.72. The van der Waals surface area contributed by atoms with E-state index in [1.807, 2.05) is 19.9 Å². The van der Waals surface area contributed by atoms with Crippen LogP contribution in [0.3, 0.4) is 0 Å². The van der Waals surface area contributed by atoms with E-state index in [0.717, 1.165) is 9.75 Å². The second-order valence-electron chi connectivity index (χ2n) is 5.38. The van der Waals surface area contributed by atoms with Gasteiger partial charge in [-0.3, -0.25) is 4.79 Å². The molecule has 1 amide bonds. The molecule has 7 heteroatoms. The maximum absolute atomic E-state index is 12.8. The van der Waals surface area contributed by atoms with E-state index in [4.69, 9.17) is 4.74 Å². The number of thiophene rings is 1. The zero-order valence-electron chi connectivity index (χ0n) is 12.6. The molecule has 0 N–H and O–H groups in total. The summed E-state index contributed by atoms with van der Waals surface area (Å²) in [7, 11) is -1.44. The Morgan fingerprint density at radius 1 is 1.48 bits per heavy atom. The average molecular weight is 331 g/mol. The molecule has 2 heterocycles. The normalized spacial score (nSPS) is 20.6. The number of amides is 1. The molecule has 5 nitrogen and oxygen atoms in total. The number of carbonyl (C=O) groups excluding carboxylic acids is 1. The summed E-state index contributed by atoms with van der Waals surface area (Å²) >= 11 is 1.58. The maximum atomic E-state index is 12.8. The van der Waals surface area contributed by atoms with Crippen molar-refractivity contribution in [3.05, 3.63) is 21.4 Å². The van der Waals surface area contributed by atoms with Crippen molar-refractivity contribution < 1.29 is 17.9 Å². The highest BCUT2D eigenvalue weighted by Gasteiger charge is 2.35. The van der Waals surface area contributed by atoms with Crippen LogP contribution in [-0.2, 0) is 14.6 Å². The van der Waals surface area contributed by atoms with Gasteiger partial charge in [0.1, 0.15) is 0 Å². The van der Waals surface area contributed by atoms with Crippen molar-refractivity contribution >= 4 is 27.1 Å². The van der Waals surface area contributed by atoms with Crippen molar-refractivity contribution in [3.8, 4) is 0 Å². The Labute approximate surface area is 129 Å². The fraction of sp³-hybridized carbons (Fsp3) is 0.643. The summed E-state index contributed by atoms with van der Waals surface area (Å²) in [6.45, 7) is 4.72. The van der Waals surface area contributed by atoms with Crippen molar-refractivity contribution in [1.82, 2.24) is 4.90 Å². The molecule has 0 aliphatic carbocycles. The summed E-state index contributed by atoms with van der Waals surface area (Å²) in [4.78, 5) is 16.5. The van der Waals surface area contributed by atoms with Crippen molar-refractivity contribution in [2.75, 3.05) is 31.8 Å². The molecule has 0 saturated carbocycles. The number of rotatable bonds is 5. The van der Waals surface area contributed by atoms with E-state index in [-0.39, 0.29) is 23.5 Å². The first-order valence-corrected chi connectivity index (χ1v) is 9.55. The number of ether oxygens (including phenoxy) is 1. The molecule has 1 unspecified atom stereocenters. The third-order valence-corrected chi connectivity index (χ3v) is 6.43. The largest absolute Gasteiger partial charge is 0.383 e. The molecule has 2 rings (SSSR count). The Hall–Kier alpha value is -0.920. The summed E-state index contributed by atoms with van der Waals surface area (Å²) in [5, 5.41) is 0. The predicted octanol–water partition coefficient (Wildman–Crippen LogP) is 1.64. The molecule has 21 heavy (non-hydrogen) atoms. The number of aryl methyl sites for hydroxylation is 2. The second kappa shape index (κ2) is 6.46. The first-order valence-electron chi connectivity index (χ1n) is 6.91. The van der Waals surface area contributed by atoms with Crippen molar-refractivity contribution in [2.24, 2.45) is 0 Å². The summed E-state index contributed by atoms with van der Waals surface area (Å²) in [6.07, 6.45) is 0.514. The van der Waals surface area contributed by atoms with E-state index in [2.05, 4.69) is 0 Å². The van der Waals surface area contributed by atoms with Gasteiger partial charge in [-0.15, -0.1) is 11.3 Å². The SMILES string of the molecule is COCCN(C(=O)c1cc(C)sc1C)C1CCS(=O)(=O)C1. The van der Waals surface area contributed by atoms with Crippen LogP contribution in [-0.4, -0.2) is 57.0 Å². The van der Waals surface area contributed by atoms with Crippen LogP contribution in [0, 0.1) is 13.8 Å². The summed E-state index contributed by atoms with van der Waals surface area (Å²) in [5.41, 5.74) is 0.679. The molecule has 0 spiro atoms. The van der Waals surface area contributed by atoms with E-state index in [1.54, 1.807) is 23.3 Å². The number of methoxy groups -OCH3 is 1. The smallest absolute Gasteiger partial charge is 0.255 e. The molecule has 1 fully saturated rings. The topological polar surface area (TPSA) is 63.7 Å². The minimum absolute atomic E-state index is 0.0601. The Balaban J connectivity index is 2.23. The first-order chi connectivity index (χ1) is 9.84. The molecule has 1 aromatic heterocycles. The Morgan fingerprint density at radius 2 is 2.19 bits per heavy atom. The minimum Gasteiger partial charge on any atom is -0.383 e. The van der Waals surface area contributed by atoms with Gasteiger partial charge in [0.15, 0.2) is 9.84 Å². The highest BCUT2D eigenvalue weighted by atomic mass is 32.2. The molecule has 1 saturated heterocycles. The van der Waals surface area contributed by atoms with Crippen molar-refractivity contribution in [1.29, 1.82) is 0 Å². The summed E-state index contributed by atoms with van der Waals surface area (Å²) in [6, 6.07) is 1.64. The highest BCUT2D eigenvalue weighted by molar-refractivity contribution is 7.91. The van der Waals surface area contributed by atoms with Gasteiger partial charge in [-0.05, 0) is 26.3 Å². The van der Waals surface area contributed by atoms with E-state index < -0.39 is 9.84 Å². The van der Waals surface area contributed by atoms with Crippen LogP contribution in [0.4, 0.5) is 0 Å². The van der Waals surface area contributed by atoms with E-state index in [1.165, 1.54) is 0 Å². The van der Waals surface area contributed by atoms with Gasteiger partial charge in [0.25, 0.3) is 5.91 Å². The van der Waals surface area contributed by atoms with Gasteiger partial charge >= 0.3 is 0 Å². The highest BCUT2D eigenvalue weighted by Crippen LogP contribution is 2.25. The lowest BCUT2D eigenvalue weighted by atomic mass is 10.1. The average Bonchev–Trinajstić information content (AvgIpc) is 2.92. The number of hydrogen-bond donors (Lipinski definition) is 0. The van der Waals surface area contributed by atoms with E-state index in [0.29, 0.717) is 25.1 Å². The van der Waals surface area contributed by atoms with Crippen LogP contribution in [0.2, 0.25) is 0 Å². The molecule has 0 aromatic carbocycles. The molecule has 1 aromatic rings.